The third-order valence-corrected chi connectivity index (χ3v) is 2.83. The third-order valence-electron chi connectivity index (χ3n) is 2.83. The van der Waals surface area contributed by atoms with Gasteiger partial charge in [-0.3, -0.25) is 0 Å². The Kier molecular flexibility index (Phi) is 7.03. The number of rotatable bonds is 8. The summed E-state index contributed by atoms with van der Waals surface area (Å²) < 4.78 is 18.5. The molecule has 108 valence electrons. The molecule has 3 heteroatoms. The van der Waals surface area contributed by atoms with E-state index in [0.29, 0.717) is 31.2 Å². The number of benzene rings is 1. The predicted molar refractivity (Wildman–Crippen MR) is 77.6 cm³/mol. The molecule has 0 bridgehead atoms. The first kappa shape index (κ1) is 16.1. The predicted octanol–water partition coefficient (Wildman–Crippen LogP) is 3.76. The van der Waals surface area contributed by atoms with E-state index in [9.17, 15) is 4.39 Å². The Morgan fingerprint density at radius 1 is 1.11 bits per heavy atom. The lowest BCUT2D eigenvalue weighted by Crippen LogP contribution is -2.39. The van der Waals surface area contributed by atoms with Crippen molar-refractivity contribution in [1.82, 2.24) is 5.32 Å². The van der Waals surface area contributed by atoms with Gasteiger partial charge in [0.15, 0.2) is 0 Å². The molecule has 0 aromatic heterocycles. The molecule has 0 amide bonds. The van der Waals surface area contributed by atoms with Crippen molar-refractivity contribution < 1.29 is 9.13 Å². The lowest BCUT2D eigenvalue weighted by Gasteiger charge is -2.23. The smallest absolute Gasteiger partial charge is 0.123 e. The molecular formula is C16H26FNO. The first-order valence-electron chi connectivity index (χ1n) is 7.05. The molecule has 1 atom stereocenters. The van der Waals surface area contributed by atoms with E-state index in [1.54, 1.807) is 12.1 Å². The van der Waals surface area contributed by atoms with Crippen LogP contribution in [0.5, 0.6) is 0 Å². The molecule has 1 aromatic carbocycles. The molecule has 1 aromatic rings. The molecule has 1 N–H and O–H groups in total. The van der Waals surface area contributed by atoms with Crippen LogP contribution in [0.1, 0.15) is 39.7 Å². The first-order valence-corrected chi connectivity index (χ1v) is 7.05. The minimum atomic E-state index is -0.206. The summed E-state index contributed by atoms with van der Waals surface area (Å²) in [7, 11) is 0. The number of nitrogens with one attached hydrogen (secondary N) is 1. The molecule has 0 saturated heterocycles. The lowest BCUT2D eigenvalue weighted by molar-refractivity contribution is 0.0902. The topological polar surface area (TPSA) is 21.3 Å². The number of hydrogen-bond acceptors (Lipinski definition) is 2. The largest absolute Gasteiger partial charge is 0.375 e. The quantitative estimate of drug-likeness (QED) is 0.774. The Labute approximate surface area is 116 Å². The summed E-state index contributed by atoms with van der Waals surface area (Å²) in [4.78, 5) is 0. The van der Waals surface area contributed by atoms with E-state index in [2.05, 4.69) is 33.0 Å². The van der Waals surface area contributed by atoms with Crippen molar-refractivity contribution in [3.8, 4) is 0 Å². The van der Waals surface area contributed by atoms with Gasteiger partial charge in [-0.05, 0) is 30.0 Å². The third kappa shape index (κ3) is 7.28. The summed E-state index contributed by atoms with van der Waals surface area (Å²) in [5.41, 5.74) is 1.01. The fourth-order valence-electron chi connectivity index (χ4n) is 2.12. The van der Waals surface area contributed by atoms with Crippen LogP contribution in [0.25, 0.3) is 0 Å². The van der Waals surface area contributed by atoms with E-state index in [-0.39, 0.29) is 5.82 Å². The highest BCUT2D eigenvalue weighted by Crippen LogP contribution is 2.08. The summed E-state index contributed by atoms with van der Waals surface area (Å²) in [6.45, 7) is 9.95. The second kappa shape index (κ2) is 8.28. The molecule has 2 nitrogen and oxygen atoms in total. The summed E-state index contributed by atoms with van der Waals surface area (Å²) in [5.74, 6) is 0.438. The van der Waals surface area contributed by atoms with Crippen LogP contribution in [0.15, 0.2) is 24.3 Å². The molecule has 0 aliphatic carbocycles. The number of halogens is 1. The zero-order valence-corrected chi connectivity index (χ0v) is 12.4. The van der Waals surface area contributed by atoms with Crippen molar-refractivity contribution in [3.63, 3.8) is 0 Å². The average Bonchev–Trinajstić information content (AvgIpc) is 2.30. The second-order valence-corrected chi connectivity index (χ2v) is 5.79. The minimum absolute atomic E-state index is 0.206. The van der Waals surface area contributed by atoms with Gasteiger partial charge in [0.1, 0.15) is 5.82 Å². The van der Waals surface area contributed by atoms with E-state index in [0.717, 1.165) is 12.0 Å². The molecule has 0 radical (unpaired) electrons. The maximum atomic E-state index is 12.8. The molecular weight excluding hydrogens is 241 g/mol. The normalized spacial score (nSPS) is 13.2. The van der Waals surface area contributed by atoms with E-state index in [1.165, 1.54) is 12.1 Å². The van der Waals surface area contributed by atoms with Crippen LogP contribution in [-0.2, 0) is 11.3 Å². The summed E-state index contributed by atoms with van der Waals surface area (Å²) in [5, 5.41) is 3.52. The number of hydrogen-bond donors (Lipinski definition) is 1. The van der Waals surface area contributed by atoms with Crippen LogP contribution in [0.2, 0.25) is 0 Å². The number of ether oxygens (including phenoxy) is 1. The zero-order valence-electron chi connectivity index (χ0n) is 12.4. The van der Waals surface area contributed by atoms with Gasteiger partial charge in [0.25, 0.3) is 0 Å². The van der Waals surface area contributed by atoms with Crippen LogP contribution in [0.4, 0.5) is 4.39 Å². The standard InChI is InChI=1S/C16H26FNO/c1-12(2)9-16(18-13(3)4)11-19-10-14-5-7-15(17)8-6-14/h5-8,12-13,16,18H,9-11H2,1-4H3/t16-/m1/s1. The Bertz CT molecular complexity index is 338. The summed E-state index contributed by atoms with van der Waals surface area (Å²) in [6, 6.07) is 7.30. The fourth-order valence-corrected chi connectivity index (χ4v) is 2.12. The van der Waals surface area contributed by atoms with Crippen LogP contribution in [0, 0.1) is 11.7 Å². The molecule has 0 fully saturated rings. The SMILES string of the molecule is CC(C)C[C@H](COCc1ccc(F)cc1)NC(C)C. The van der Waals surface area contributed by atoms with Crippen LogP contribution < -0.4 is 5.32 Å². The van der Waals surface area contributed by atoms with Crippen molar-refractivity contribution in [2.24, 2.45) is 5.92 Å². The Balaban J connectivity index is 2.36. The van der Waals surface area contributed by atoms with Gasteiger partial charge in [-0.25, -0.2) is 4.39 Å². The van der Waals surface area contributed by atoms with Gasteiger partial charge in [-0.2, -0.15) is 0 Å². The van der Waals surface area contributed by atoms with Gasteiger partial charge < -0.3 is 10.1 Å². The molecule has 0 heterocycles. The highest BCUT2D eigenvalue weighted by Gasteiger charge is 2.12. The van der Waals surface area contributed by atoms with E-state index >= 15 is 0 Å². The maximum Gasteiger partial charge on any atom is 0.123 e. The maximum absolute atomic E-state index is 12.8. The molecule has 1 rings (SSSR count). The van der Waals surface area contributed by atoms with Gasteiger partial charge in [0.2, 0.25) is 0 Å². The van der Waals surface area contributed by atoms with Crippen LogP contribution in [0.3, 0.4) is 0 Å². The lowest BCUT2D eigenvalue weighted by atomic mass is 10.0. The summed E-state index contributed by atoms with van der Waals surface area (Å²) >= 11 is 0. The molecule has 0 aliphatic rings. The molecule has 0 spiro atoms. The van der Waals surface area contributed by atoms with Crippen molar-refractivity contribution in [3.05, 3.63) is 35.6 Å². The van der Waals surface area contributed by atoms with Gasteiger partial charge in [0, 0.05) is 12.1 Å². The van der Waals surface area contributed by atoms with E-state index in [4.69, 9.17) is 4.74 Å². The highest BCUT2D eigenvalue weighted by molar-refractivity contribution is 5.14. The van der Waals surface area contributed by atoms with Crippen molar-refractivity contribution in [2.45, 2.75) is 52.8 Å². The first-order chi connectivity index (χ1) is 8.97. The van der Waals surface area contributed by atoms with Crippen LogP contribution in [-0.4, -0.2) is 18.7 Å². The fraction of sp³-hybridized carbons (Fsp3) is 0.625. The van der Waals surface area contributed by atoms with Gasteiger partial charge in [-0.1, -0.05) is 39.8 Å². The average molecular weight is 267 g/mol. The van der Waals surface area contributed by atoms with E-state index in [1.807, 2.05) is 0 Å². The van der Waals surface area contributed by atoms with Crippen molar-refractivity contribution >= 4 is 0 Å². The van der Waals surface area contributed by atoms with Gasteiger partial charge in [0.05, 0.1) is 13.2 Å². The van der Waals surface area contributed by atoms with Crippen LogP contribution >= 0.6 is 0 Å². The molecule has 0 unspecified atom stereocenters. The molecule has 19 heavy (non-hydrogen) atoms. The van der Waals surface area contributed by atoms with Gasteiger partial charge in [-0.15, -0.1) is 0 Å². The van der Waals surface area contributed by atoms with E-state index < -0.39 is 0 Å². The monoisotopic (exact) mass is 267 g/mol. The van der Waals surface area contributed by atoms with Crippen molar-refractivity contribution in [2.75, 3.05) is 6.61 Å². The highest BCUT2D eigenvalue weighted by atomic mass is 19.1. The minimum Gasteiger partial charge on any atom is -0.375 e. The zero-order chi connectivity index (χ0) is 14.3. The Morgan fingerprint density at radius 3 is 2.26 bits per heavy atom. The molecule has 0 aliphatic heterocycles. The second-order valence-electron chi connectivity index (χ2n) is 5.79. The summed E-state index contributed by atoms with van der Waals surface area (Å²) in [6.07, 6.45) is 1.10. The Morgan fingerprint density at radius 2 is 1.74 bits per heavy atom. The Hall–Kier alpha value is -0.930. The molecule has 0 saturated carbocycles. The van der Waals surface area contributed by atoms with Crippen molar-refractivity contribution in [1.29, 1.82) is 0 Å². The van der Waals surface area contributed by atoms with Gasteiger partial charge >= 0.3 is 0 Å².